The molecule has 0 fully saturated rings. The Hall–Kier alpha value is -1.56. The predicted octanol–water partition coefficient (Wildman–Crippen LogP) is 3.21. The van der Waals surface area contributed by atoms with Crippen molar-refractivity contribution in [3.8, 4) is 5.75 Å². The summed E-state index contributed by atoms with van der Waals surface area (Å²) in [5.74, 6) is 0.202. The van der Waals surface area contributed by atoms with Gasteiger partial charge in [0.15, 0.2) is 6.10 Å². The molecule has 1 atom stereocenters. The first-order valence-electron chi connectivity index (χ1n) is 5.93. The highest BCUT2D eigenvalue weighted by atomic mass is 19.4. The molecule has 3 nitrogen and oxygen atoms in total. The summed E-state index contributed by atoms with van der Waals surface area (Å²) in [6.45, 7) is 2.00. The minimum Gasteiger partial charge on any atom is -0.480 e. The summed E-state index contributed by atoms with van der Waals surface area (Å²) in [6.07, 6.45) is -0.815. The molecule has 0 N–H and O–H groups in total. The molecule has 1 aromatic heterocycles. The molecule has 1 aromatic rings. The average molecular weight is 273 g/mol. The zero-order valence-electron chi connectivity index (χ0n) is 10.4. The van der Waals surface area contributed by atoms with Crippen LogP contribution in [0.25, 0.3) is 5.57 Å². The number of alkyl halides is 3. The molecule has 0 amide bonds. The van der Waals surface area contributed by atoms with Crippen LogP contribution in [0.2, 0.25) is 0 Å². The number of aromatic nitrogens is 1. The second-order valence-corrected chi connectivity index (χ2v) is 4.23. The van der Waals surface area contributed by atoms with Crippen LogP contribution in [0.15, 0.2) is 24.5 Å². The maximum absolute atomic E-state index is 12.5. The number of ether oxygens (including phenoxy) is 2. The van der Waals surface area contributed by atoms with E-state index in [1.54, 1.807) is 0 Å². The van der Waals surface area contributed by atoms with Crippen molar-refractivity contribution in [2.24, 2.45) is 0 Å². The van der Waals surface area contributed by atoms with Crippen LogP contribution >= 0.6 is 0 Å². The van der Waals surface area contributed by atoms with Crippen LogP contribution in [0.3, 0.4) is 0 Å². The van der Waals surface area contributed by atoms with Gasteiger partial charge in [0.1, 0.15) is 5.75 Å². The van der Waals surface area contributed by atoms with Crippen LogP contribution in [-0.2, 0) is 4.74 Å². The molecular weight excluding hydrogens is 259 g/mol. The van der Waals surface area contributed by atoms with Crippen molar-refractivity contribution >= 4 is 5.57 Å². The first kappa shape index (κ1) is 13.9. The van der Waals surface area contributed by atoms with E-state index < -0.39 is 12.3 Å². The third-order valence-electron chi connectivity index (χ3n) is 2.86. The summed E-state index contributed by atoms with van der Waals surface area (Å²) in [5, 5.41) is 0. The monoisotopic (exact) mass is 273 g/mol. The van der Waals surface area contributed by atoms with Gasteiger partial charge >= 0.3 is 6.18 Å². The van der Waals surface area contributed by atoms with E-state index in [-0.39, 0.29) is 5.75 Å². The van der Waals surface area contributed by atoms with E-state index in [2.05, 4.69) is 4.98 Å². The van der Waals surface area contributed by atoms with Crippen LogP contribution in [0.5, 0.6) is 5.75 Å². The fourth-order valence-corrected chi connectivity index (χ4v) is 1.75. The molecule has 2 rings (SSSR count). The molecule has 0 bridgehead atoms. The first-order chi connectivity index (χ1) is 8.98. The van der Waals surface area contributed by atoms with Gasteiger partial charge in [-0.15, -0.1) is 0 Å². The van der Waals surface area contributed by atoms with Gasteiger partial charge in [-0.2, -0.15) is 13.2 Å². The normalized spacial score (nSPS) is 17.8. The lowest BCUT2D eigenvalue weighted by Crippen LogP contribution is -2.31. The van der Waals surface area contributed by atoms with Crippen molar-refractivity contribution in [3.05, 3.63) is 30.1 Å². The number of rotatable bonds is 3. The molecule has 0 saturated carbocycles. The van der Waals surface area contributed by atoms with Crippen LogP contribution in [0.1, 0.15) is 18.9 Å². The number of hydrogen-bond acceptors (Lipinski definition) is 3. The highest BCUT2D eigenvalue weighted by molar-refractivity contribution is 5.70. The van der Waals surface area contributed by atoms with Gasteiger partial charge in [-0.05, 0) is 25.0 Å². The highest BCUT2D eigenvalue weighted by Gasteiger charge is 2.38. The Morgan fingerprint density at radius 1 is 1.42 bits per heavy atom. The number of nitrogens with zero attached hydrogens (tertiary/aromatic N) is 1. The largest absolute Gasteiger partial charge is 0.480 e. The summed E-state index contributed by atoms with van der Waals surface area (Å²) in [6, 6.07) is 1.45. The smallest absolute Gasteiger partial charge is 0.425 e. The lowest BCUT2D eigenvalue weighted by Gasteiger charge is -2.21. The van der Waals surface area contributed by atoms with Crippen molar-refractivity contribution < 1.29 is 22.6 Å². The Morgan fingerprint density at radius 2 is 2.21 bits per heavy atom. The second-order valence-electron chi connectivity index (χ2n) is 4.23. The molecule has 2 heterocycles. The van der Waals surface area contributed by atoms with Gasteiger partial charge in [0.25, 0.3) is 0 Å². The fourth-order valence-electron chi connectivity index (χ4n) is 1.75. The maximum Gasteiger partial charge on any atom is 0.425 e. The fraction of sp³-hybridized carbons (Fsp3) is 0.462. The van der Waals surface area contributed by atoms with Gasteiger partial charge in [0.05, 0.1) is 13.2 Å². The molecule has 0 radical (unpaired) electrons. The molecule has 104 valence electrons. The average Bonchev–Trinajstić information content (AvgIpc) is 2.39. The van der Waals surface area contributed by atoms with Crippen LogP contribution in [-0.4, -0.2) is 30.5 Å². The molecule has 0 aliphatic carbocycles. The lowest BCUT2D eigenvalue weighted by molar-refractivity contribution is -0.189. The topological polar surface area (TPSA) is 31.4 Å². The minimum absolute atomic E-state index is 0.202. The van der Waals surface area contributed by atoms with Crippen molar-refractivity contribution in [3.63, 3.8) is 0 Å². The van der Waals surface area contributed by atoms with E-state index in [1.807, 2.05) is 6.08 Å². The van der Waals surface area contributed by atoms with Crippen LogP contribution < -0.4 is 4.74 Å². The molecule has 0 saturated heterocycles. The van der Waals surface area contributed by atoms with Crippen molar-refractivity contribution in [2.75, 3.05) is 13.2 Å². The minimum atomic E-state index is -4.38. The molecular formula is C13H14F3NO2. The molecule has 1 unspecified atom stereocenters. The van der Waals surface area contributed by atoms with Gasteiger partial charge < -0.3 is 9.47 Å². The molecule has 0 spiro atoms. The quantitative estimate of drug-likeness (QED) is 0.847. The van der Waals surface area contributed by atoms with Crippen molar-refractivity contribution in [1.29, 1.82) is 0 Å². The number of halogens is 3. The van der Waals surface area contributed by atoms with Crippen LogP contribution in [0.4, 0.5) is 13.2 Å². The summed E-state index contributed by atoms with van der Waals surface area (Å²) in [5.41, 5.74) is 1.51. The van der Waals surface area contributed by atoms with E-state index in [0.29, 0.717) is 25.2 Å². The van der Waals surface area contributed by atoms with E-state index in [9.17, 15) is 13.2 Å². The predicted molar refractivity (Wildman–Crippen MR) is 63.8 cm³/mol. The Bertz CT molecular complexity index is 471. The molecule has 19 heavy (non-hydrogen) atoms. The Labute approximate surface area is 109 Å². The summed E-state index contributed by atoms with van der Waals surface area (Å²) >= 11 is 0. The van der Waals surface area contributed by atoms with E-state index >= 15 is 0 Å². The van der Waals surface area contributed by atoms with Gasteiger partial charge in [0, 0.05) is 18.0 Å². The highest BCUT2D eigenvalue weighted by Crippen LogP contribution is 2.32. The van der Waals surface area contributed by atoms with E-state index in [0.717, 1.165) is 12.5 Å². The first-order valence-corrected chi connectivity index (χ1v) is 5.93. The summed E-state index contributed by atoms with van der Waals surface area (Å²) in [7, 11) is 0. The lowest BCUT2D eigenvalue weighted by atomic mass is 10.0. The SMILES string of the molecule is CC(Oc1ccncc1C1=CCOCC1)C(F)(F)F. The zero-order chi connectivity index (χ0) is 13.9. The molecule has 6 heteroatoms. The summed E-state index contributed by atoms with van der Waals surface area (Å²) < 4.78 is 47.8. The Morgan fingerprint density at radius 3 is 2.84 bits per heavy atom. The van der Waals surface area contributed by atoms with Crippen molar-refractivity contribution in [1.82, 2.24) is 4.98 Å². The zero-order valence-corrected chi connectivity index (χ0v) is 10.4. The number of pyridine rings is 1. The van der Waals surface area contributed by atoms with Gasteiger partial charge in [-0.1, -0.05) is 6.08 Å². The maximum atomic E-state index is 12.5. The summed E-state index contributed by atoms with van der Waals surface area (Å²) in [4.78, 5) is 3.95. The van der Waals surface area contributed by atoms with Gasteiger partial charge in [-0.3, -0.25) is 4.98 Å². The second kappa shape index (κ2) is 5.61. The van der Waals surface area contributed by atoms with E-state index in [4.69, 9.17) is 9.47 Å². The van der Waals surface area contributed by atoms with Crippen LogP contribution in [0, 0.1) is 0 Å². The molecule has 1 aliphatic heterocycles. The Kier molecular flexibility index (Phi) is 4.09. The van der Waals surface area contributed by atoms with E-state index in [1.165, 1.54) is 18.5 Å². The third-order valence-corrected chi connectivity index (χ3v) is 2.86. The van der Waals surface area contributed by atoms with Gasteiger partial charge in [0.2, 0.25) is 0 Å². The van der Waals surface area contributed by atoms with Gasteiger partial charge in [-0.25, -0.2) is 0 Å². The standard InChI is InChI=1S/C13H14F3NO2/c1-9(13(14,15)16)19-12-2-5-17-8-11(12)10-3-6-18-7-4-10/h2-3,5,8-9H,4,6-7H2,1H3. The Balaban J connectivity index is 2.24. The van der Waals surface area contributed by atoms with Crippen molar-refractivity contribution in [2.45, 2.75) is 25.6 Å². The molecule has 1 aliphatic rings. The third kappa shape index (κ3) is 3.47. The molecule has 0 aromatic carbocycles. The number of hydrogen-bond donors (Lipinski definition) is 0.